The number of oxime groups is 1. The first kappa shape index (κ1) is 17.1. The highest BCUT2D eigenvalue weighted by atomic mass is 32.2. The number of hydrogen-bond acceptors (Lipinski definition) is 5. The van der Waals surface area contributed by atoms with Crippen molar-refractivity contribution in [3.63, 3.8) is 0 Å². The van der Waals surface area contributed by atoms with Crippen molar-refractivity contribution in [3.8, 4) is 0 Å². The molecular formula is C13H25N3O3S. The zero-order valence-electron chi connectivity index (χ0n) is 12.2. The fourth-order valence-corrected chi connectivity index (χ4v) is 3.06. The van der Waals surface area contributed by atoms with Gasteiger partial charge in [-0.05, 0) is 37.7 Å². The maximum atomic E-state index is 12.5. The molecule has 1 amide bonds. The Morgan fingerprint density at radius 1 is 1.55 bits per heavy atom. The summed E-state index contributed by atoms with van der Waals surface area (Å²) < 4.78 is 5.28. The van der Waals surface area contributed by atoms with Crippen molar-refractivity contribution in [2.24, 2.45) is 16.3 Å². The van der Waals surface area contributed by atoms with Gasteiger partial charge in [0.25, 0.3) is 0 Å². The van der Waals surface area contributed by atoms with Crippen LogP contribution >= 0.6 is 11.8 Å². The zero-order valence-corrected chi connectivity index (χ0v) is 13.0. The summed E-state index contributed by atoms with van der Waals surface area (Å²) in [4.78, 5) is 12.5. The van der Waals surface area contributed by atoms with Crippen LogP contribution in [0.15, 0.2) is 5.16 Å². The molecule has 1 aliphatic heterocycles. The number of hydrogen-bond donors (Lipinski definition) is 3. The van der Waals surface area contributed by atoms with Gasteiger partial charge in [-0.25, -0.2) is 0 Å². The Morgan fingerprint density at radius 3 is 2.75 bits per heavy atom. The van der Waals surface area contributed by atoms with Crippen LogP contribution in [0.25, 0.3) is 0 Å². The van der Waals surface area contributed by atoms with Crippen LogP contribution in [-0.4, -0.2) is 47.7 Å². The van der Waals surface area contributed by atoms with E-state index in [1.807, 2.05) is 18.7 Å². The van der Waals surface area contributed by atoms with Gasteiger partial charge in [-0.3, -0.25) is 4.79 Å². The first-order valence-corrected chi connectivity index (χ1v) is 8.16. The number of ether oxygens (including phenoxy) is 1. The van der Waals surface area contributed by atoms with E-state index in [4.69, 9.17) is 15.7 Å². The number of carbonyl (C=O) groups is 1. The van der Waals surface area contributed by atoms with E-state index in [9.17, 15) is 4.79 Å². The van der Waals surface area contributed by atoms with Crippen LogP contribution in [0.3, 0.4) is 0 Å². The number of amides is 1. The van der Waals surface area contributed by atoms with E-state index in [2.05, 4.69) is 17.4 Å². The molecular weight excluding hydrogens is 278 g/mol. The van der Waals surface area contributed by atoms with Crippen LogP contribution in [0, 0.1) is 5.41 Å². The molecule has 7 heteroatoms. The van der Waals surface area contributed by atoms with Gasteiger partial charge >= 0.3 is 0 Å². The lowest BCUT2D eigenvalue weighted by Crippen LogP contribution is -2.54. The van der Waals surface area contributed by atoms with Gasteiger partial charge in [0.1, 0.15) is 5.41 Å². The van der Waals surface area contributed by atoms with Crippen molar-refractivity contribution in [1.29, 1.82) is 0 Å². The zero-order chi connectivity index (χ0) is 15.0. The van der Waals surface area contributed by atoms with Crippen LogP contribution in [0.1, 0.15) is 33.1 Å². The van der Waals surface area contributed by atoms with Crippen molar-refractivity contribution < 1.29 is 14.7 Å². The van der Waals surface area contributed by atoms with Gasteiger partial charge in [0.05, 0.1) is 0 Å². The highest BCUT2D eigenvalue weighted by Crippen LogP contribution is 2.31. The maximum absolute atomic E-state index is 12.5. The molecule has 0 saturated carbocycles. The van der Waals surface area contributed by atoms with Crippen molar-refractivity contribution in [2.45, 2.75) is 39.2 Å². The number of carbonyl (C=O) groups excluding carboxylic acids is 1. The van der Waals surface area contributed by atoms with Gasteiger partial charge < -0.3 is 21.0 Å². The molecule has 1 fully saturated rings. The van der Waals surface area contributed by atoms with Crippen LogP contribution in [0.5, 0.6) is 0 Å². The number of rotatable bonds is 7. The summed E-state index contributed by atoms with van der Waals surface area (Å²) in [5.41, 5.74) is 4.83. The number of amidine groups is 1. The minimum absolute atomic E-state index is 0.0200. The first-order valence-electron chi connectivity index (χ1n) is 7.01. The largest absolute Gasteiger partial charge is 0.409 e. The monoisotopic (exact) mass is 303 g/mol. The summed E-state index contributed by atoms with van der Waals surface area (Å²) in [6.45, 7) is 4.99. The Kier molecular flexibility index (Phi) is 7.15. The van der Waals surface area contributed by atoms with E-state index in [0.717, 1.165) is 17.9 Å². The summed E-state index contributed by atoms with van der Waals surface area (Å²) in [7, 11) is 0. The van der Waals surface area contributed by atoms with Gasteiger partial charge in [-0.2, -0.15) is 11.8 Å². The molecule has 0 bridgehead atoms. The lowest BCUT2D eigenvalue weighted by atomic mass is 9.78. The van der Waals surface area contributed by atoms with Gasteiger partial charge in [0, 0.05) is 19.3 Å². The molecule has 20 heavy (non-hydrogen) atoms. The summed E-state index contributed by atoms with van der Waals surface area (Å²) >= 11 is 1.85. The molecule has 1 aliphatic rings. The Balaban J connectivity index is 2.64. The van der Waals surface area contributed by atoms with Crippen LogP contribution in [0.4, 0.5) is 0 Å². The fraction of sp³-hybridized carbons (Fsp3) is 0.846. The maximum Gasteiger partial charge on any atom is 0.234 e. The van der Waals surface area contributed by atoms with Crippen molar-refractivity contribution in [3.05, 3.63) is 0 Å². The van der Waals surface area contributed by atoms with Crippen LogP contribution < -0.4 is 11.1 Å². The van der Waals surface area contributed by atoms with E-state index in [0.29, 0.717) is 26.1 Å². The quantitative estimate of drug-likeness (QED) is 0.216. The predicted octanol–water partition coefficient (Wildman–Crippen LogP) is 1.18. The standard InChI is InChI=1S/C13H25N3O3S/c1-3-20-9-4-10(2)15-12(17)13(11(14)16-18)5-7-19-8-6-13/h10,18H,3-9H2,1-2H3,(H2,14,16)(H,15,17). The van der Waals surface area contributed by atoms with E-state index in [-0.39, 0.29) is 17.8 Å². The second kappa shape index (κ2) is 8.36. The lowest BCUT2D eigenvalue weighted by Gasteiger charge is -2.35. The van der Waals surface area contributed by atoms with E-state index >= 15 is 0 Å². The lowest BCUT2D eigenvalue weighted by molar-refractivity contribution is -0.132. The molecule has 116 valence electrons. The Hall–Kier alpha value is -0.950. The van der Waals surface area contributed by atoms with Gasteiger partial charge in [-0.15, -0.1) is 0 Å². The normalized spacial score (nSPS) is 20.4. The Bertz CT molecular complexity index is 344. The molecule has 1 saturated heterocycles. The molecule has 1 heterocycles. The highest BCUT2D eigenvalue weighted by molar-refractivity contribution is 7.99. The minimum atomic E-state index is -0.931. The number of nitrogens with zero attached hydrogens (tertiary/aromatic N) is 1. The van der Waals surface area contributed by atoms with Gasteiger partial charge in [0.15, 0.2) is 5.84 Å². The molecule has 0 radical (unpaired) electrons. The van der Waals surface area contributed by atoms with Gasteiger partial charge in [0.2, 0.25) is 5.91 Å². The summed E-state index contributed by atoms with van der Waals surface area (Å²) in [6, 6.07) is 0.0766. The third-order valence-electron chi connectivity index (χ3n) is 3.66. The number of thioether (sulfide) groups is 1. The number of nitrogens with two attached hydrogens (primary N) is 1. The summed E-state index contributed by atoms with van der Waals surface area (Å²) in [6.07, 6.45) is 1.81. The molecule has 1 atom stereocenters. The number of nitrogens with one attached hydrogen (secondary N) is 1. The first-order chi connectivity index (χ1) is 9.56. The Labute approximate surface area is 124 Å². The smallest absolute Gasteiger partial charge is 0.234 e. The topological polar surface area (TPSA) is 96.9 Å². The molecule has 6 nitrogen and oxygen atoms in total. The minimum Gasteiger partial charge on any atom is -0.409 e. The Morgan fingerprint density at radius 2 is 2.20 bits per heavy atom. The van der Waals surface area contributed by atoms with E-state index in [1.54, 1.807) is 0 Å². The molecule has 0 spiro atoms. The van der Waals surface area contributed by atoms with E-state index < -0.39 is 5.41 Å². The molecule has 0 aliphatic carbocycles. The predicted molar refractivity (Wildman–Crippen MR) is 81.1 cm³/mol. The van der Waals surface area contributed by atoms with Crippen molar-refractivity contribution in [2.75, 3.05) is 24.7 Å². The SMILES string of the molecule is CCSCCC(C)NC(=O)C1(C(N)=NO)CCOCC1. The molecule has 1 rings (SSSR count). The summed E-state index contributed by atoms with van der Waals surface area (Å²) in [5, 5.41) is 15.0. The highest BCUT2D eigenvalue weighted by Gasteiger charge is 2.44. The summed E-state index contributed by atoms with van der Waals surface area (Å²) in [5.74, 6) is 1.91. The third-order valence-corrected chi connectivity index (χ3v) is 4.59. The van der Waals surface area contributed by atoms with Gasteiger partial charge in [-0.1, -0.05) is 12.1 Å². The average Bonchev–Trinajstić information content (AvgIpc) is 2.47. The van der Waals surface area contributed by atoms with Crippen molar-refractivity contribution in [1.82, 2.24) is 5.32 Å². The van der Waals surface area contributed by atoms with Crippen molar-refractivity contribution >= 4 is 23.5 Å². The van der Waals surface area contributed by atoms with Crippen LogP contribution in [-0.2, 0) is 9.53 Å². The third kappa shape index (κ3) is 4.28. The fourth-order valence-electron chi connectivity index (χ4n) is 2.25. The molecule has 1 unspecified atom stereocenters. The molecule has 0 aromatic rings. The molecule has 0 aromatic carbocycles. The molecule has 4 N–H and O–H groups in total. The average molecular weight is 303 g/mol. The second-order valence-electron chi connectivity index (χ2n) is 5.04. The van der Waals surface area contributed by atoms with E-state index in [1.165, 1.54) is 0 Å². The molecule has 0 aromatic heterocycles. The van der Waals surface area contributed by atoms with Crippen LogP contribution in [0.2, 0.25) is 0 Å². The second-order valence-corrected chi connectivity index (χ2v) is 6.43.